The Labute approximate surface area is 135 Å². The zero-order valence-corrected chi connectivity index (χ0v) is 15.2. The maximum absolute atomic E-state index is 6.32. The molecule has 0 saturated heterocycles. The van der Waals surface area contributed by atoms with Gasteiger partial charge in [0.2, 0.25) is 0 Å². The summed E-state index contributed by atoms with van der Waals surface area (Å²) < 4.78 is 3.42. The van der Waals surface area contributed by atoms with E-state index in [4.69, 9.17) is 5.73 Å². The fourth-order valence-electron chi connectivity index (χ4n) is 1.54. The third-order valence-corrected chi connectivity index (χ3v) is 6.09. The molecule has 1 aromatic carbocycles. The summed E-state index contributed by atoms with van der Waals surface area (Å²) in [5.74, 6) is 0. The van der Waals surface area contributed by atoms with E-state index in [1.807, 2.05) is 6.07 Å². The first kappa shape index (κ1) is 14.0. The molecule has 1 unspecified atom stereocenters. The van der Waals surface area contributed by atoms with E-state index in [0.717, 1.165) is 13.8 Å². The van der Waals surface area contributed by atoms with Crippen molar-refractivity contribution in [1.82, 2.24) is 0 Å². The van der Waals surface area contributed by atoms with E-state index in [1.165, 1.54) is 14.0 Å². The van der Waals surface area contributed by atoms with Gasteiger partial charge in [0.1, 0.15) is 0 Å². The van der Waals surface area contributed by atoms with Crippen LogP contribution in [0.4, 0.5) is 0 Å². The van der Waals surface area contributed by atoms with Crippen molar-refractivity contribution in [2.75, 3.05) is 0 Å². The summed E-state index contributed by atoms with van der Waals surface area (Å²) in [5.41, 5.74) is 8.69. The zero-order chi connectivity index (χ0) is 12.6. The maximum Gasteiger partial charge on any atom is 0.0731 e. The molecule has 5 heteroatoms. The molecule has 0 aliphatic heterocycles. The summed E-state index contributed by atoms with van der Waals surface area (Å²) in [6, 6.07) is 8.31. The molecule has 2 aromatic rings. The van der Waals surface area contributed by atoms with E-state index in [-0.39, 0.29) is 6.04 Å². The smallest absolute Gasteiger partial charge is 0.0731 e. The van der Waals surface area contributed by atoms with Crippen molar-refractivity contribution in [2.24, 2.45) is 5.73 Å². The molecule has 0 aliphatic rings. The van der Waals surface area contributed by atoms with Gasteiger partial charge in [-0.15, -0.1) is 11.3 Å². The van der Waals surface area contributed by atoms with Crippen LogP contribution < -0.4 is 5.73 Å². The Kier molecular flexibility index (Phi) is 4.68. The third-order valence-electron chi connectivity index (χ3n) is 2.48. The highest BCUT2D eigenvalue weighted by Crippen LogP contribution is 2.35. The standard InChI is InChI=1S/C12H10Br2INS/c1-6-4-10(17-12(6)14)11(16)8-5-7(15)2-3-9(8)13/h2-5,11H,16H2,1H3. The van der Waals surface area contributed by atoms with Crippen molar-refractivity contribution in [3.63, 3.8) is 0 Å². The van der Waals surface area contributed by atoms with Gasteiger partial charge in [-0.2, -0.15) is 0 Å². The highest BCUT2D eigenvalue weighted by atomic mass is 127. The van der Waals surface area contributed by atoms with Crippen molar-refractivity contribution in [1.29, 1.82) is 0 Å². The number of halogens is 3. The molecule has 0 fully saturated rings. The SMILES string of the molecule is Cc1cc(C(N)c2cc(I)ccc2Br)sc1Br. The molecule has 0 radical (unpaired) electrons. The lowest BCUT2D eigenvalue weighted by Crippen LogP contribution is -2.11. The Bertz CT molecular complexity index is 534. The van der Waals surface area contributed by atoms with Crippen LogP contribution in [0.1, 0.15) is 22.0 Å². The Hall–Kier alpha value is 0.570. The number of hydrogen-bond acceptors (Lipinski definition) is 2. The summed E-state index contributed by atoms with van der Waals surface area (Å²) in [6.07, 6.45) is 0. The quantitative estimate of drug-likeness (QED) is 0.578. The van der Waals surface area contributed by atoms with Crippen LogP contribution in [0.3, 0.4) is 0 Å². The van der Waals surface area contributed by atoms with Crippen LogP contribution in [0.2, 0.25) is 0 Å². The molecule has 0 saturated carbocycles. The molecule has 0 aliphatic carbocycles. The van der Waals surface area contributed by atoms with Gasteiger partial charge in [0, 0.05) is 12.9 Å². The lowest BCUT2D eigenvalue weighted by atomic mass is 10.1. The van der Waals surface area contributed by atoms with Gasteiger partial charge in [-0.05, 0) is 80.8 Å². The van der Waals surface area contributed by atoms with Crippen LogP contribution in [0.15, 0.2) is 32.5 Å². The second kappa shape index (κ2) is 5.69. The fourth-order valence-corrected chi connectivity index (χ4v) is 4.14. The van der Waals surface area contributed by atoms with Crippen molar-refractivity contribution in [3.8, 4) is 0 Å². The number of benzene rings is 1. The Balaban J connectivity index is 2.42. The topological polar surface area (TPSA) is 26.0 Å². The first-order valence-electron chi connectivity index (χ1n) is 4.95. The molecule has 2 N–H and O–H groups in total. The van der Waals surface area contributed by atoms with E-state index >= 15 is 0 Å². The summed E-state index contributed by atoms with van der Waals surface area (Å²) in [4.78, 5) is 1.18. The van der Waals surface area contributed by atoms with Crippen LogP contribution >= 0.6 is 65.8 Å². The minimum atomic E-state index is -0.0749. The molecule has 2 rings (SSSR count). The van der Waals surface area contributed by atoms with Crippen LogP contribution in [-0.2, 0) is 0 Å². The van der Waals surface area contributed by atoms with Gasteiger partial charge in [-0.25, -0.2) is 0 Å². The second-order valence-corrected chi connectivity index (χ2v) is 8.25. The van der Waals surface area contributed by atoms with E-state index in [9.17, 15) is 0 Å². The summed E-state index contributed by atoms with van der Waals surface area (Å²) >= 11 is 11.1. The number of aryl methyl sites for hydroxylation is 1. The monoisotopic (exact) mass is 485 g/mol. The highest BCUT2D eigenvalue weighted by Gasteiger charge is 2.16. The third kappa shape index (κ3) is 3.12. The van der Waals surface area contributed by atoms with Gasteiger partial charge in [0.15, 0.2) is 0 Å². The van der Waals surface area contributed by atoms with Gasteiger partial charge in [0.25, 0.3) is 0 Å². The number of thiophene rings is 1. The number of nitrogens with two attached hydrogens (primary N) is 1. The zero-order valence-electron chi connectivity index (χ0n) is 9.01. The Morgan fingerprint density at radius 3 is 2.59 bits per heavy atom. The van der Waals surface area contributed by atoms with Crippen LogP contribution in [-0.4, -0.2) is 0 Å². The van der Waals surface area contributed by atoms with Crippen molar-refractivity contribution < 1.29 is 0 Å². The molecule has 0 bridgehead atoms. The average Bonchev–Trinajstić information content (AvgIpc) is 2.62. The first-order valence-corrected chi connectivity index (χ1v) is 8.43. The van der Waals surface area contributed by atoms with E-state index in [0.29, 0.717) is 0 Å². The minimum Gasteiger partial charge on any atom is -0.320 e. The predicted molar refractivity (Wildman–Crippen MR) is 89.6 cm³/mol. The second-order valence-electron chi connectivity index (χ2n) is 3.75. The van der Waals surface area contributed by atoms with E-state index in [1.54, 1.807) is 11.3 Å². The van der Waals surface area contributed by atoms with Crippen molar-refractivity contribution >= 4 is 65.8 Å². The molecule has 1 aromatic heterocycles. The largest absolute Gasteiger partial charge is 0.320 e. The highest BCUT2D eigenvalue weighted by molar-refractivity contribution is 14.1. The molecule has 17 heavy (non-hydrogen) atoms. The molecule has 0 amide bonds. The number of rotatable bonds is 2. The average molecular weight is 487 g/mol. The van der Waals surface area contributed by atoms with Gasteiger partial charge < -0.3 is 5.73 Å². The lowest BCUT2D eigenvalue weighted by Gasteiger charge is -2.12. The fraction of sp³-hybridized carbons (Fsp3) is 0.167. The lowest BCUT2D eigenvalue weighted by molar-refractivity contribution is 0.885. The van der Waals surface area contributed by atoms with Crippen LogP contribution in [0.5, 0.6) is 0 Å². The maximum atomic E-state index is 6.32. The molecular weight excluding hydrogens is 477 g/mol. The van der Waals surface area contributed by atoms with Gasteiger partial charge in [-0.1, -0.05) is 15.9 Å². The summed E-state index contributed by atoms with van der Waals surface area (Å²) in [5, 5.41) is 0. The Morgan fingerprint density at radius 1 is 1.29 bits per heavy atom. The molecule has 1 atom stereocenters. The predicted octanol–water partition coefficient (Wildman–Crippen LogP) is 5.23. The van der Waals surface area contributed by atoms with Crippen molar-refractivity contribution in [2.45, 2.75) is 13.0 Å². The molecule has 1 nitrogen and oxygen atoms in total. The summed E-state index contributed by atoms with van der Waals surface area (Å²) in [6.45, 7) is 2.08. The van der Waals surface area contributed by atoms with Crippen LogP contribution in [0, 0.1) is 10.5 Å². The van der Waals surface area contributed by atoms with Gasteiger partial charge in [-0.3, -0.25) is 0 Å². The molecule has 0 spiro atoms. The Morgan fingerprint density at radius 2 is 2.00 bits per heavy atom. The van der Waals surface area contributed by atoms with E-state index < -0.39 is 0 Å². The molecule has 1 heterocycles. The molecule has 90 valence electrons. The van der Waals surface area contributed by atoms with Crippen molar-refractivity contribution in [3.05, 3.63) is 52.1 Å². The number of hydrogen-bond donors (Lipinski definition) is 1. The van der Waals surface area contributed by atoms with Crippen LogP contribution in [0.25, 0.3) is 0 Å². The summed E-state index contributed by atoms with van der Waals surface area (Å²) in [7, 11) is 0. The van der Waals surface area contributed by atoms with Gasteiger partial charge >= 0.3 is 0 Å². The van der Waals surface area contributed by atoms with Gasteiger partial charge in [0.05, 0.1) is 9.83 Å². The minimum absolute atomic E-state index is 0.0749. The first-order chi connectivity index (χ1) is 7.99. The normalized spacial score (nSPS) is 12.8. The molecular formula is C12H10Br2INS. The van der Waals surface area contributed by atoms with E-state index in [2.05, 4.69) is 79.6 Å².